The number of carbonyl (C=O) groups is 1. The van der Waals surface area contributed by atoms with Gasteiger partial charge in [-0.1, -0.05) is 0 Å². The van der Waals surface area contributed by atoms with Gasteiger partial charge in [-0.25, -0.2) is 13.6 Å². The summed E-state index contributed by atoms with van der Waals surface area (Å²) in [5.74, 6) is -2.75. The summed E-state index contributed by atoms with van der Waals surface area (Å²) in [6.45, 7) is -0.242. The summed E-state index contributed by atoms with van der Waals surface area (Å²) >= 11 is 0. The van der Waals surface area contributed by atoms with Crippen LogP contribution in [-0.4, -0.2) is 47.2 Å². The Hall–Kier alpha value is -0.910. The molecule has 2 aliphatic heterocycles. The number of rotatable bonds is 0. The van der Waals surface area contributed by atoms with E-state index in [0.717, 1.165) is 4.90 Å². The van der Waals surface area contributed by atoms with Crippen LogP contribution >= 0.6 is 0 Å². The van der Waals surface area contributed by atoms with Crippen molar-refractivity contribution in [1.82, 2.24) is 10.2 Å². The van der Waals surface area contributed by atoms with Gasteiger partial charge in [0.05, 0.1) is 6.54 Å². The third-order valence-corrected chi connectivity index (χ3v) is 2.89. The Labute approximate surface area is 73.5 Å². The predicted molar refractivity (Wildman–Crippen MR) is 39.9 cm³/mol. The van der Waals surface area contributed by atoms with Gasteiger partial charge in [-0.2, -0.15) is 0 Å². The number of nitrogens with zero attached hydrogens (tertiary/aromatic N) is 1. The average molecular weight is 192 g/mol. The highest BCUT2D eigenvalue weighted by atomic mass is 19.3. The first kappa shape index (κ1) is 8.68. The Balaban J connectivity index is 2.09. The van der Waals surface area contributed by atoms with Crippen molar-refractivity contribution in [3.05, 3.63) is 0 Å². The normalized spacial score (nSPS) is 36.3. The number of likely N-dealkylation sites (tertiary alicyclic amines) is 1. The van der Waals surface area contributed by atoms with Crippen LogP contribution in [0.1, 0.15) is 6.42 Å². The molecule has 0 saturated carbocycles. The molecule has 0 aromatic rings. The molecule has 2 fully saturated rings. The fourth-order valence-corrected chi connectivity index (χ4v) is 1.89. The third-order valence-electron chi connectivity index (χ3n) is 2.89. The lowest BCUT2D eigenvalue weighted by molar-refractivity contribution is -0.148. The number of nitrogens with one attached hydrogen (secondary N) is 1. The minimum atomic E-state index is -2.75. The summed E-state index contributed by atoms with van der Waals surface area (Å²) in [6, 6.07) is 0. The molecular formula is C7H10F2N2O2. The van der Waals surface area contributed by atoms with Crippen LogP contribution in [0, 0.1) is 0 Å². The van der Waals surface area contributed by atoms with Crippen LogP contribution in [0.3, 0.4) is 0 Å². The third kappa shape index (κ3) is 1.01. The molecule has 1 amide bonds. The second kappa shape index (κ2) is 2.31. The second-order valence-corrected chi connectivity index (χ2v) is 3.59. The summed E-state index contributed by atoms with van der Waals surface area (Å²) in [6.07, 6.45) is -0.923. The Morgan fingerprint density at radius 1 is 1.54 bits per heavy atom. The van der Waals surface area contributed by atoms with Crippen LogP contribution in [0.15, 0.2) is 0 Å². The van der Waals surface area contributed by atoms with E-state index in [4.69, 9.17) is 5.11 Å². The zero-order valence-electron chi connectivity index (χ0n) is 6.89. The molecule has 6 heteroatoms. The van der Waals surface area contributed by atoms with Crippen LogP contribution in [-0.2, 0) is 0 Å². The van der Waals surface area contributed by atoms with Gasteiger partial charge in [-0.15, -0.1) is 0 Å². The van der Waals surface area contributed by atoms with Crippen LogP contribution < -0.4 is 5.32 Å². The lowest BCUT2D eigenvalue weighted by atomic mass is 9.83. The summed E-state index contributed by atoms with van der Waals surface area (Å²) in [7, 11) is 0. The summed E-state index contributed by atoms with van der Waals surface area (Å²) in [4.78, 5) is 11.5. The van der Waals surface area contributed by atoms with Gasteiger partial charge >= 0.3 is 6.09 Å². The molecular weight excluding hydrogens is 182 g/mol. The molecule has 13 heavy (non-hydrogen) atoms. The molecule has 0 aromatic heterocycles. The maximum absolute atomic E-state index is 13.1. The van der Waals surface area contributed by atoms with Crippen molar-refractivity contribution in [3.8, 4) is 0 Å². The largest absolute Gasteiger partial charge is 0.465 e. The zero-order chi connectivity index (χ0) is 9.69. The lowest BCUT2D eigenvalue weighted by Gasteiger charge is -2.47. The van der Waals surface area contributed by atoms with Gasteiger partial charge in [0, 0.05) is 13.1 Å². The molecule has 2 aliphatic rings. The Morgan fingerprint density at radius 2 is 2.23 bits per heavy atom. The number of amides is 1. The standard InChI is InChI=1S/C7H10F2N2O2/c8-7(9)3-10-6(7)1-2-11(4-6)5(12)13/h10H,1-4H2,(H,12,13). The van der Waals surface area contributed by atoms with Crippen molar-refractivity contribution < 1.29 is 18.7 Å². The first-order chi connectivity index (χ1) is 5.97. The lowest BCUT2D eigenvalue weighted by Crippen LogP contribution is -2.74. The maximum atomic E-state index is 13.1. The Bertz CT molecular complexity index is 259. The first-order valence-corrected chi connectivity index (χ1v) is 4.08. The van der Waals surface area contributed by atoms with Gasteiger partial charge in [0.2, 0.25) is 0 Å². The number of carboxylic acid groups (broad SMARTS) is 1. The average Bonchev–Trinajstić information content (AvgIpc) is 2.49. The molecule has 1 spiro atoms. The monoisotopic (exact) mass is 192 g/mol. The molecule has 0 aliphatic carbocycles. The van der Waals surface area contributed by atoms with Crippen LogP contribution in [0.4, 0.5) is 13.6 Å². The highest BCUT2D eigenvalue weighted by Gasteiger charge is 2.64. The van der Waals surface area contributed by atoms with Crippen LogP contribution in [0.5, 0.6) is 0 Å². The zero-order valence-corrected chi connectivity index (χ0v) is 6.89. The molecule has 74 valence electrons. The highest BCUT2D eigenvalue weighted by molar-refractivity contribution is 5.65. The topological polar surface area (TPSA) is 52.6 Å². The molecule has 0 aromatic carbocycles. The van der Waals surface area contributed by atoms with E-state index >= 15 is 0 Å². The minimum absolute atomic E-state index is 0.102. The minimum Gasteiger partial charge on any atom is -0.465 e. The van der Waals surface area contributed by atoms with E-state index in [-0.39, 0.29) is 26.1 Å². The van der Waals surface area contributed by atoms with E-state index < -0.39 is 17.6 Å². The van der Waals surface area contributed by atoms with E-state index in [9.17, 15) is 13.6 Å². The van der Waals surface area contributed by atoms with Gasteiger partial charge in [0.15, 0.2) is 0 Å². The van der Waals surface area contributed by atoms with E-state index in [1.54, 1.807) is 0 Å². The van der Waals surface area contributed by atoms with E-state index in [1.165, 1.54) is 0 Å². The Morgan fingerprint density at radius 3 is 2.46 bits per heavy atom. The summed E-state index contributed by atoms with van der Waals surface area (Å²) in [5.41, 5.74) is -1.27. The van der Waals surface area contributed by atoms with Crippen molar-refractivity contribution in [2.75, 3.05) is 19.6 Å². The molecule has 0 radical (unpaired) electrons. The molecule has 4 nitrogen and oxygen atoms in total. The van der Waals surface area contributed by atoms with Gasteiger partial charge < -0.3 is 10.0 Å². The molecule has 1 atom stereocenters. The fraction of sp³-hybridized carbons (Fsp3) is 0.857. The molecule has 2 saturated heterocycles. The van der Waals surface area contributed by atoms with Crippen molar-refractivity contribution >= 4 is 6.09 Å². The van der Waals surface area contributed by atoms with Gasteiger partial charge in [0.1, 0.15) is 5.54 Å². The maximum Gasteiger partial charge on any atom is 0.407 e. The number of halogens is 2. The van der Waals surface area contributed by atoms with E-state index in [1.807, 2.05) is 0 Å². The molecule has 2 N–H and O–H groups in total. The van der Waals surface area contributed by atoms with Gasteiger partial charge in [-0.3, -0.25) is 5.32 Å². The number of hydrogen-bond acceptors (Lipinski definition) is 2. The van der Waals surface area contributed by atoms with Crippen molar-refractivity contribution in [2.24, 2.45) is 0 Å². The van der Waals surface area contributed by atoms with Crippen molar-refractivity contribution in [2.45, 2.75) is 17.9 Å². The molecule has 1 unspecified atom stereocenters. The quantitative estimate of drug-likeness (QED) is 0.582. The van der Waals surface area contributed by atoms with Crippen LogP contribution in [0.25, 0.3) is 0 Å². The van der Waals surface area contributed by atoms with Gasteiger partial charge in [0.25, 0.3) is 5.92 Å². The van der Waals surface area contributed by atoms with Crippen LogP contribution in [0.2, 0.25) is 0 Å². The second-order valence-electron chi connectivity index (χ2n) is 3.59. The smallest absolute Gasteiger partial charge is 0.407 e. The highest BCUT2D eigenvalue weighted by Crippen LogP contribution is 2.42. The first-order valence-electron chi connectivity index (χ1n) is 4.08. The summed E-state index contributed by atoms with van der Waals surface area (Å²) < 4.78 is 26.1. The van der Waals surface area contributed by atoms with E-state index in [2.05, 4.69) is 5.32 Å². The van der Waals surface area contributed by atoms with Crippen molar-refractivity contribution in [3.63, 3.8) is 0 Å². The summed E-state index contributed by atoms with van der Waals surface area (Å²) in [5, 5.41) is 11.2. The molecule has 2 heterocycles. The number of hydrogen-bond donors (Lipinski definition) is 2. The Kier molecular flexibility index (Phi) is 1.54. The predicted octanol–water partition coefficient (Wildman–Crippen LogP) is 0.347. The molecule has 0 bridgehead atoms. The SMILES string of the molecule is O=C(O)N1CCC2(C1)NCC2(F)F. The van der Waals surface area contributed by atoms with Crippen molar-refractivity contribution in [1.29, 1.82) is 0 Å². The van der Waals surface area contributed by atoms with Gasteiger partial charge in [-0.05, 0) is 6.42 Å². The number of alkyl halides is 2. The fourth-order valence-electron chi connectivity index (χ4n) is 1.89. The van der Waals surface area contributed by atoms with E-state index in [0.29, 0.717) is 0 Å². The molecule has 2 rings (SSSR count).